The second kappa shape index (κ2) is 7.25. The average molecular weight is 251 g/mol. The third kappa shape index (κ3) is 4.50. The normalized spacial score (nSPS) is 9.95. The highest BCUT2D eigenvalue weighted by Crippen LogP contribution is 2.05. The van der Waals surface area contributed by atoms with Gasteiger partial charge in [0, 0.05) is 24.2 Å². The molecule has 0 N–H and O–H groups in total. The molecule has 0 fully saturated rings. The topological polar surface area (TPSA) is 16.4 Å². The first kappa shape index (κ1) is 13.2. The molecule has 0 saturated carbocycles. The van der Waals surface area contributed by atoms with Crippen LogP contribution in [0.4, 0.5) is 0 Å². The lowest BCUT2D eigenvalue weighted by Crippen LogP contribution is -2.23. The second-order valence-electron chi connectivity index (χ2n) is 4.26. The van der Waals surface area contributed by atoms with E-state index in [0.717, 1.165) is 24.2 Å². The third-order valence-corrected chi connectivity index (χ3v) is 2.68. The molecule has 0 atom stereocenters. The first-order valence-electron chi connectivity index (χ1n) is 6.27. The minimum Gasteiger partial charge on any atom is -0.472 e. The maximum absolute atomic E-state index is 5.08. The molecule has 0 unspecified atom stereocenters. The Bertz CT molecular complexity index is 546. The molecule has 0 aliphatic heterocycles. The van der Waals surface area contributed by atoms with Crippen molar-refractivity contribution >= 4 is 0 Å². The maximum atomic E-state index is 5.08. The monoisotopic (exact) mass is 251 g/mol. The largest absolute Gasteiger partial charge is 0.472 e. The van der Waals surface area contributed by atoms with Crippen LogP contribution >= 0.6 is 0 Å². The molecule has 0 amide bonds. The summed E-state index contributed by atoms with van der Waals surface area (Å²) >= 11 is 0. The summed E-state index contributed by atoms with van der Waals surface area (Å²) < 4.78 is 5.08. The summed E-state index contributed by atoms with van der Waals surface area (Å²) in [6.07, 6.45) is 5.35. The first-order valence-corrected chi connectivity index (χ1v) is 6.27. The minimum atomic E-state index is 0.714. The van der Waals surface area contributed by atoms with E-state index in [-0.39, 0.29) is 0 Å². The maximum Gasteiger partial charge on any atom is 0.0947 e. The Labute approximate surface area is 114 Å². The van der Waals surface area contributed by atoms with Crippen LogP contribution in [0.3, 0.4) is 0 Å². The van der Waals surface area contributed by atoms with Crippen molar-refractivity contribution in [3.8, 4) is 11.8 Å². The fourth-order valence-electron chi connectivity index (χ4n) is 1.78. The summed E-state index contributed by atoms with van der Waals surface area (Å²) in [5, 5.41) is 0. The van der Waals surface area contributed by atoms with Crippen LogP contribution in [0.5, 0.6) is 0 Å². The second-order valence-corrected chi connectivity index (χ2v) is 4.26. The summed E-state index contributed by atoms with van der Waals surface area (Å²) in [6, 6.07) is 12.0. The molecule has 96 valence electrons. The van der Waals surface area contributed by atoms with Crippen molar-refractivity contribution in [2.24, 2.45) is 0 Å². The van der Waals surface area contributed by atoms with E-state index in [9.17, 15) is 0 Å². The average Bonchev–Trinajstić information content (AvgIpc) is 2.93. The standard InChI is InChI=1S/C17H17NO/c1-2-11-18(14-17-10-13-19-15-17)12-6-9-16-7-4-3-5-8-16/h2-5,7-8,10,13,15H,1,11-12,14H2. The highest BCUT2D eigenvalue weighted by atomic mass is 16.3. The molecular formula is C17H17NO. The van der Waals surface area contributed by atoms with E-state index in [0.29, 0.717) is 6.54 Å². The van der Waals surface area contributed by atoms with Gasteiger partial charge in [0.1, 0.15) is 0 Å². The summed E-state index contributed by atoms with van der Waals surface area (Å²) in [4.78, 5) is 2.22. The van der Waals surface area contributed by atoms with Crippen molar-refractivity contribution in [1.29, 1.82) is 0 Å². The van der Waals surface area contributed by atoms with Crippen LogP contribution in [0.15, 0.2) is 66.0 Å². The van der Waals surface area contributed by atoms with Crippen LogP contribution in [-0.2, 0) is 6.54 Å². The lowest BCUT2D eigenvalue weighted by atomic mass is 10.2. The summed E-state index contributed by atoms with van der Waals surface area (Å²) in [5.74, 6) is 6.36. The lowest BCUT2D eigenvalue weighted by molar-refractivity contribution is 0.331. The van der Waals surface area contributed by atoms with Crippen LogP contribution < -0.4 is 0 Å². The van der Waals surface area contributed by atoms with Crippen molar-refractivity contribution in [2.45, 2.75) is 6.54 Å². The zero-order valence-electron chi connectivity index (χ0n) is 10.9. The molecule has 1 aromatic carbocycles. The van der Waals surface area contributed by atoms with Gasteiger partial charge < -0.3 is 4.42 Å². The van der Waals surface area contributed by atoms with Crippen molar-refractivity contribution in [3.05, 3.63) is 72.7 Å². The van der Waals surface area contributed by atoms with Crippen molar-refractivity contribution < 1.29 is 4.42 Å². The Kier molecular flexibility index (Phi) is 5.04. The van der Waals surface area contributed by atoms with Crippen molar-refractivity contribution in [3.63, 3.8) is 0 Å². The van der Waals surface area contributed by atoms with E-state index >= 15 is 0 Å². The van der Waals surface area contributed by atoms with Crippen molar-refractivity contribution in [1.82, 2.24) is 4.90 Å². The van der Waals surface area contributed by atoms with E-state index in [4.69, 9.17) is 4.42 Å². The molecule has 2 aromatic rings. The Morgan fingerprint density at radius 2 is 2.05 bits per heavy atom. The van der Waals surface area contributed by atoms with Gasteiger partial charge in [0.2, 0.25) is 0 Å². The van der Waals surface area contributed by atoms with Gasteiger partial charge in [-0.1, -0.05) is 36.1 Å². The number of hydrogen-bond acceptors (Lipinski definition) is 2. The van der Waals surface area contributed by atoms with Gasteiger partial charge >= 0.3 is 0 Å². The van der Waals surface area contributed by atoms with Crippen LogP contribution in [0, 0.1) is 11.8 Å². The predicted octanol–water partition coefficient (Wildman–Crippen LogP) is 3.32. The smallest absolute Gasteiger partial charge is 0.0947 e. The molecule has 0 bridgehead atoms. The van der Waals surface area contributed by atoms with Crippen LogP contribution in [0.1, 0.15) is 11.1 Å². The Morgan fingerprint density at radius 1 is 1.21 bits per heavy atom. The molecule has 0 saturated heterocycles. The van der Waals surface area contributed by atoms with Gasteiger partial charge in [0.15, 0.2) is 0 Å². The Balaban J connectivity index is 1.94. The number of furan rings is 1. The van der Waals surface area contributed by atoms with E-state index in [1.807, 2.05) is 42.5 Å². The van der Waals surface area contributed by atoms with Gasteiger partial charge in [-0.25, -0.2) is 0 Å². The highest BCUT2D eigenvalue weighted by Gasteiger charge is 2.03. The van der Waals surface area contributed by atoms with E-state index in [1.54, 1.807) is 12.5 Å². The lowest BCUT2D eigenvalue weighted by Gasteiger charge is -2.16. The van der Waals surface area contributed by atoms with Crippen LogP contribution in [0.2, 0.25) is 0 Å². The Morgan fingerprint density at radius 3 is 2.74 bits per heavy atom. The highest BCUT2D eigenvalue weighted by molar-refractivity contribution is 5.33. The zero-order chi connectivity index (χ0) is 13.3. The van der Waals surface area contributed by atoms with Crippen molar-refractivity contribution in [2.75, 3.05) is 13.1 Å². The third-order valence-electron chi connectivity index (χ3n) is 2.68. The molecule has 0 spiro atoms. The van der Waals surface area contributed by atoms with E-state index < -0.39 is 0 Å². The summed E-state index contributed by atoms with van der Waals surface area (Å²) in [5.41, 5.74) is 2.20. The number of benzene rings is 1. The number of nitrogens with zero attached hydrogens (tertiary/aromatic N) is 1. The summed E-state index contributed by atoms with van der Waals surface area (Å²) in [6.45, 7) is 6.14. The molecule has 2 heteroatoms. The van der Waals surface area contributed by atoms with Crippen LogP contribution in [0.25, 0.3) is 0 Å². The fraction of sp³-hybridized carbons (Fsp3) is 0.176. The molecule has 0 radical (unpaired) electrons. The molecular weight excluding hydrogens is 234 g/mol. The van der Waals surface area contributed by atoms with E-state index in [1.165, 1.54) is 0 Å². The fourth-order valence-corrected chi connectivity index (χ4v) is 1.78. The Hall–Kier alpha value is -2.24. The molecule has 0 aliphatic carbocycles. The molecule has 1 aromatic heterocycles. The van der Waals surface area contributed by atoms with Gasteiger partial charge in [0.05, 0.1) is 19.1 Å². The SMILES string of the molecule is C=CCN(CC#Cc1ccccc1)Cc1ccoc1. The minimum absolute atomic E-state index is 0.714. The molecule has 2 nitrogen and oxygen atoms in total. The van der Waals surface area contributed by atoms with Gasteiger partial charge in [-0.15, -0.1) is 6.58 Å². The summed E-state index contributed by atoms with van der Waals surface area (Å²) in [7, 11) is 0. The zero-order valence-corrected chi connectivity index (χ0v) is 10.9. The first-order chi connectivity index (χ1) is 9.38. The predicted molar refractivity (Wildman–Crippen MR) is 77.5 cm³/mol. The van der Waals surface area contributed by atoms with Gasteiger partial charge in [-0.05, 0) is 18.2 Å². The van der Waals surface area contributed by atoms with Gasteiger partial charge in [-0.3, -0.25) is 4.90 Å². The molecule has 1 heterocycles. The number of rotatable bonds is 5. The van der Waals surface area contributed by atoms with Gasteiger partial charge in [0.25, 0.3) is 0 Å². The molecule has 0 aliphatic rings. The quantitative estimate of drug-likeness (QED) is 0.598. The number of hydrogen-bond donors (Lipinski definition) is 0. The van der Waals surface area contributed by atoms with Crippen LogP contribution in [-0.4, -0.2) is 18.0 Å². The van der Waals surface area contributed by atoms with E-state index in [2.05, 4.69) is 23.3 Å². The van der Waals surface area contributed by atoms with Gasteiger partial charge in [-0.2, -0.15) is 0 Å². The molecule has 2 rings (SSSR count). The molecule has 19 heavy (non-hydrogen) atoms.